The Balaban J connectivity index is -0.000000234. The molecule has 0 nitrogen and oxygen atoms in total. The molecule has 0 aliphatic heterocycles. The van der Waals surface area contributed by atoms with Crippen LogP contribution in [0.25, 0.3) is 0 Å². The summed E-state index contributed by atoms with van der Waals surface area (Å²) in [6, 6.07) is 0. The van der Waals surface area contributed by atoms with E-state index < -0.39 is 7.81 Å². The van der Waals surface area contributed by atoms with E-state index in [0.29, 0.717) is 0 Å². The van der Waals surface area contributed by atoms with Gasteiger partial charge in [0.15, 0.2) is 0 Å². The van der Waals surface area contributed by atoms with Crippen molar-refractivity contribution in [3.63, 3.8) is 0 Å². The molecule has 4 fully saturated rings. The average Bonchev–Trinajstić information content (AvgIpc) is 3.42. The Morgan fingerprint density at radius 3 is 0.400 bits per heavy atom. The first-order valence-electron chi connectivity index (χ1n) is 14.6. The maximum atomic E-state index is 9.87. The normalized spacial score (nSPS) is 28.1. The fourth-order valence-electron chi connectivity index (χ4n) is 4.73. The molecule has 0 aromatic rings. The van der Waals surface area contributed by atoms with Gasteiger partial charge in [-0.05, 0) is 107 Å². The van der Waals surface area contributed by atoms with Gasteiger partial charge in [0.1, 0.15) is 0 Å². The van der Waals surface area contributed by atoms with Crippen molar-refractivity contribution in [3.05, 3.63) is 88.8 Å². The van der Waals surface area contributed by atoms with Crippen LogP contribution >= 0.6 is 7.81 Å². The first-order chi connectivity index (χ1) is 18.4. The average molecular weight is 924 g/mol. The monoisotopic (exact) mass is 926 g/mol. The van der Waals surface area contributed by atoms with Crippen LogP contribution in [-0.2, 0) is 58.4 Å². The van der Waals surface area contributed by atoms with Crippen LogP contribution in [0.1, 0.15) is 124 Å². The molecule has 2 atom stereocenters. The quantitative estimate of drug-likeness (QED) is 0.129. The molecule has 0 aromatic heterocycles. The number of rotatable bonds is 0. The largest absolute Gasteiger partial charge is 2.00 e. The van der Waals surface area contributed by atoms with E-state index in [9.17, 15) is 25.2 Å². The fraction of sp³-hybridized carbons (Fsp3) is 0.571. The zero-order valence-corrected chi connectivity index (χ0v) is 36.2. The Labute approximate surface area is 314 Å². The Hall–Kier alpha value is 1.88. The Kier molecular flexibility index (Phi) is 23.2. The van der Waals surface area contributed by atoms with Crippen molar-refractivity contribution in [1.82, 2.24) is 0 Å². The summed E-state index contributed by atoms with van der Waals surface area (Å²) in [5.74, 6) is 24.1. The van der Waals surface area contributed by atoms with Gasteiger partial charge >= 0.3 is 91.4 Å². The van der Waals surface area contributed by atoms with Crippen molar-refractivity contribution >= 4 is 7.81 Å². The van der Waals surface area contributed by atoms with Crippen LogP contribution in [0.15, 0.2) is 0 Å². The molecule has 4 aliphatic carbocycles. The van der Waals surface area contributed by atoms with Gasteiger partial charge in [-0.15, -0.1) is 0 Å². The number of halogens is 6. The molecule has 0 heterocycles. The summed E-state index contributed by atoms with van der Waals surface area (Å²) in [5.41, 5.74) is 0. The molecule has 0 saturated heterocycles. The summed E-state index contributed by atoms with van der Waals surface area (Å²) in [7, 11) is -10.7. The van der Waals surface area contributed by atoms with Crippen molar-refractivity contribution in [2.75, 3.05) is 0 Å². The van der Waals surface area contributed by atoms with Crippen LogP contribution in [0.4, 0.5) is 25.2 Å². The fourth-order valence-corrected chi connectivity index (χ4v) is 4.73. The standard InChI is InChI=1S/3C10H15.C5H10.F6P.3Ru/c3*1-6-7(2)9(4)10(5)8(6)3;1-4-3-5(4)2;1-7(2,3,4,5)6;;;/h3*1-5H3;4-5H,3H2,1-2H3;;;;/q;;;;-1;2*+1;+2. The molecule has 0 amide bonds. The van der Waals surface area contributed by atoms with Crippen LogP contribution < -0.4 is 0 Å². The number of hydrogen-bond acceptors (Lipinski definition) is 0. The molecule has 45 heavy (non-hydrogen) atoms. The predicted octanol–water partition coefficient (Wildman–Crippen LogP) is 14.0. The molecule has 17 radical (unpaired) electrons. The van der Waals surface area contributed by atoms with E-state index in [2.05, 4.69) is 118 Å². The van der Waals surface area contributed by atoms with Crippen LogP contribution in [0.2, 0.25) is 0 Å². The van der Waals surface area contributed by atoms with E-state index in [1.807, 2.05) is 0 Å². The third-order valence-electron chi connectivity index (χ3n) is 9.95. The van der Waals surface area contributed by atoms with Crippen LogP contribution in [0, 0.1) is 101 Å². The molecule has 0 spiro atoms. The second-order valence-electron chi connectivity index (χ2n) is 12.5. The van der Waals surface area contributed by atoms with Gasteiger partial charge in [0.05, 0.1) is 0 Å². The van der Waals surface area contributed by atoms with Gasteiger partial charge in [-0.2, -0.15) is 0 Å². The number of hydrogen-bond donors (Lipinski definition) is 0. The minimum absolute atomic E-state index is 0. The third-order valence-corrected chi connectivity index (χ3v) is 9.95. The second-order valence-corrected chi connectivity index (χ2v) is 14.4. The Morgan fingerprint density at radius 1 is 0.333 bits per heavy atom. The molecule has 10 heteroatoms. The van der Waals surface area contributed by atoms with Crippen molar-refractivity contribution in [3.8, 4) is 0 Å². The van der Waals surface area contributed by atoms with Gasteiger partial charge in [-0.25, -0.2) is 0 Å². The summed E-state index contributed by atoms with van der Waals surface area (Å²) in [4.78, 5) is 0. The van der Waals surface area contributed by atoms with E-state index in [1.54, 1.807) is 0 Å². The van der Waals surface area contributed by atoms with Gasteiger partial charge in [0.25, 0.3) is 0 Å². The molecule has 0 bridgehead atoms. The Morgan fingerprint density at radius 2 is 0.378 bits per heavy atom. The van der Waals surface area contributed by atoms with Gasteiger partial charge in [-0.1, -0.05) is 118 Å². The van der Waals surface area contributed by atoms with Crippen LogP contribution in [-0.4, -0.2) is 0 Å². The molecule has 0 N–H and O–H groups in total. The second kappa shape index (κ2) is 19.5. The van der Waals surface area contributed by atoms with Gasteiger partial charge in [0, 0.05) is 0 Å². The molecule has 2 unspecified atom stereocenters. The van der Waals surface area contributed by atoms with E-state index in [4.69, 9.17) is 0 Å². The zero-order chi connectivity index (χ0) is 33.9. The molecule has 4 saturated carbocycles. The van der Waals surface area contributed by atoms with Gasteiger partial charge < -0.3 is 0 Å². The first-order valence-corrected chi connectivity index (χ1v) is 16.6. The van der Waals surface area contributed by atoms with Crippen molar-refractivity contribution in [2.45, 2.75) is 124 Å². The SMILES string of the molecule is CC1CC1C.C[C]1[C](C)[C](C)[C](C)[C]1C.C[C]1[C](C)[C](C)[C](C)[C]1C.C[C]1[C](C)[C](C)[C](C)[C]1C.F[P-](F)(F)(F)(F)F.[Ru+2].[Ru+].[Ru+]. The van der Waals surface area contributed by atoms with E-state index in [-0.39, 0.29) is 58.4 Å². The topological polar surface area (TPSA) is 0 Å². The molecule has 4 aliphatic rings. The maximum absolute atomic E-state index is 10.7. The first kappa shape index (κ1) is 53.7. The zero-order valence-electron chi connectivity index (χ0n) is 30.1. The van der Waals surface area contributed by atoms with E-state index in [0.717, 1.165) is 11.8 Å². The summed E-state index contributed by atoms with van der Waals surface area (Å²) in [6.07, 6.45) is 1.47. The Bertz CT molecular complexity index is 590. The molecule has 0 aromatic carbocycles. The van der Waals surface area contributed by atoms with E-state index >= 15 is 0 Å². The maximum Gasteiger partial charge on any atom is 2.00 e. The minimum Gasteiger partial charge on any atom is 1.00 e. The smallest absolute Gasteiger partial charge is 1.00 e. The van der Waals surface area contributed by atoms with Gasteiger partial charge in [-0.3, -0.25) is 0 Å². The summed E-state index contributed by atoms with van der Waals surface area (Å²) in [5, 5.41) is 0. The third kappa shape index (κ3) is 19.2. The van der Waals surface area contributed by atoms with Gasteiger partial charge in [0.2, 0.25) is 0 Å². The minimum atomic E-state index is -10.7. The predicted molar refractivity (Wildman–Crippen MR) is 170 cm³/mol. The van der Waals surface area contributed by atoms with Crippen LogP contribution in [0.3, 0.4) is 0 Å². The summed E-state index contributed by atoms with van der Waals surface area (Å²) < 4.78 is 59.2. The molecule has 4 rings (SSSR count). The summed E-state index contributed by atoms with van der Waals surface area (Å²) >= 11 is 0. The van der Waals surface area contributed by atoms with Crippen molar-refractivity contribution in [2.24, 2.45) is 11.8 Å². The van der Waals surface area contributed by atoms with Crippen LogP contribution in [0.5, 0.6) is 0 Å². The summed E-state index contributed by atoms with van der Waals surface area (Å²) in [6.45, 7) is 37.6. The molecular weight excluding hydrogens is 869 g/mol. The molecule has 263 valence electrons. The molecular formula is C35H55F6PRu3+3. The van der Waals surface area contributed by atoms with Crippen molar-refractivity contribution in [1.29, 1.82) is 0 Å². The van der Waals surface area contributed by atoms with Crippen molar-refractivity contribution < 1.29 is 83.6 Å². The van der Waals surface area contributed by atoms with E-state index in [1.165, 1.54) is 95.2 Å².